The van der Waals surface area contributed by atoms with E-state index in [-0.39, 0.29) is 0 Å². The fourth-order valence-corrected chi connectivity index (χ4v) is 4.94. The number of likely N-dealkylation sites (tertiary alicyclic amines) is 1. The van der Waals surface area contributed by atoms with E-state index in [1.807, 2.05) is 42.3 Å². The molecule has 1 aliphatic carbocycles. The molecule has 0 amide bonds. The molecule has 33 heavy (non-hydrogen) atoms. The first-order valence-electron chi connectivity index (χ1n) is 11.5. The van der Waals surface area contributed by atoms with Crippen LogP contribution in [0.1, 0.15) is 30.0 Å². The molecule has 1 N–H and O–H groups in total. The van der Waals surface area contributed by atoms with Gasteiger partial charge in [-0.05, 0) is 49.9 Å². The Morgan fingerprint density at radius 1 is 1.24 bits per heavy atom. The van der Waals surface area contributed by atoms with Crippen LogP contribution in [0.3, 0.4) is 0 Å². The number of nitrogens with one attached hydrogen (secondary N) is 1. The van der Waals surface area contributed by atoms with Crippen molar-refractivity contribution in [1.82, 2.24) is 25.2 Å². The lowest BCUT2D eigenvalue weighted by Crippen LogP contribution is -2.47. The zero-order valence-electron chi connectivity index (χ0n) is 18.9. The SMILES string of the molecule is Cc1c(Oc2ncc(Cl)cc2CN2CC(n3cccn3)C2)ccc2c1N(C)NN2CC1CC1. The minimum atomic E-state index is 0.414. The predicted octanol–water partition coefficient (Wildman–Crippen LogP) is 4.17. The van der Waals surface area contributed by atoms with Gasteiger partial charge in [0.1, 0.15) is 5.75 Å². The molecule has 0 bridgehead atoms. The molecule has 0 unspecified atom stereocenters. The summed E-state index contributed by atoms with van der Waals surface area (Å²) in [6.07, 6.45) is 8.14. The second-order valence-corrected chi connectivity index (χ2v) is 9.76. The van der Waals surface area contributed by atoms with Gasteiger partial charge in [-0.25, -0.2) is 4.98 Å². The van der Waals surface area contributed by atoms with Crippen molar-refractivity contribution in [2.45, 2.75) is 32.4 Å². The van der Waals surface area contributed by atoms with E-state index in [4.69, 9.17) is 16.3 Å². The molecule has 1 saturated heterocycles. The molecule has 9 heteroatoms. The summed E-state index contributed by atoms with van der Waals surface area (Å²) in [7, 11) is 2.05. The number of hydrogen-bond donors (Lipinski definition) is 1. The molecule has 0 atom stereocenters. The van der Waals surface area contributed by atoms with Crippen LogP contribution in [0.5, 0.6) is 11.6 Å². The number of nitrogens with zero attached hydrogens (tertiary/aromatic N) is 6. The molecule has 8 nitrogen and oxygen atoms in total. The van der Waals surface area contributed by atoms with E-state index in [0.29, 0.717) is 16.9 Å². The highest BCUT2D eigenvalue weighted by Gasteiger charge is 2.32. The van der Waals surface area contributed by atoms with Crippen molar-refractivity contribution in [3.05, 3.63) is 59.0 Å². The number of ether oxygens (including phenoxy) is 1. The number of hydrazine groups is 2. The first-order valence-corrected chi connectivity index (χ1v) is 11.9. The highest BCUT2D eigenvalue weighted by Crippen LogP contribution is 2.43. The summed E-state index contributed by atoms with van der Waals surface area (Å²) >= 11 is 6.29. The van der Waals surface area contributed by atoms with Crippen LogP contribution in [-0.2, 0) is 6.54 Å². The molecular formula is C24H28ClN7O. The van der Waals surface area contributed by atoms with Gasteiger partial charge in [0.25, 0.3) is 0 Å². The highest BCUT2D eigenvalue weighted by atomic mass is 35.5. The maximum absolute atomic E-state index is 6.38. The predicted molar refractivity (Wildman–Crippen MR) is 129 cm³/mol. The maximum Gasteiger partial charge on any atom is 0.223 e. The van der Waals surface area contributed by atoms with E-state index in [9.17, 15) is 0 Å². The van der Waals surface area contributed by atoms with E-state index < -0.39 is 0 Å². The van der Waals surface area contributed by atoms with Crippen molar-refractivity contribution < 1.29 is 4.74 Å². The van der Waals surface area contributed by atoms with E-state index in [2.05, 4.69) is 43.5 Å². The summed E-state index contributed by atoms with van der Waals surface area (Å²) in [6, 6.07) is 8.52. The van der Waals surface area contributed by atoms with Crippen LogP contribution in [0.4, 0.5) is 11.4 Å². The average Bonchev–Trinajstić information content (AvgIpc) is 3.30. The number of aromatic nitrogens is 3. The summed E-state index contributed by atoms with van der Waals surface area (Å²) in [5.74, 6) is 2.21. The Hall–Kier alpha value is -2.81. The smallest absolute Gasteiger partial charge is 0.223 e. The van der Waals surface area contributed by atoms with Gasteiger partial charge in [-0.15, -0.1) is 5.53 Å². The molecule has 4 heterocycles. The van der Waals surface area contributed by atoms with Crippen molar-refractivity contribution in [3.8, 4) is 11.6 Å². The van der Waals surface area contributed by atoms with Gasteiger partial charge in [0.15, 0.2) is 0 Å². The Morgan fingerprint density at radius 3 is 2.85 bits per heavy atom. The van der Waals surface area contributed by atoms with E-state index in [1.54, 1.807) is 6.20 Å². The van der Waals surface area contributed by atoms with E-state index in [1.165, 1.54) is 18.5 Å². The molecule has 1 saturated carbocycles. The van der Waals surface area contributed by atoms with Gasteiger partial charge in [-0.3, -0.25) is 19.6 Å². The van der Waals surface area contributed by atoms with Crippen LogP contribution >= 0.6 is 11.6 Å². The molecule has 172 valence electrons. The number of fused-ring (bicyclic) bond motifs is 1. The second kappa shape index (κ2) is 8.20. The van der Waals surface area contributed by atoms with Crippen LogP contribution in [0.2, 0.25) is 5.02 Å². The number of pyridine rings is 1. The third-order valence-electron chi connectivity index (χ3n) is 6.72. The minimum Gasteiger partial charge on any atom is -0.438 e. The van der Waals surface area contributed by atoms with Gasteiger partial charge in [0, 0.05) is 62.9 Å². The summed E-state index contributed by atoms with van der Waals surface area (Å²) < 4.78 is 8.40. The molecule has 6 rings (SSSR count). The summed E-state index contributed by atoms with van der Waals surface area (Å²) in [6.45, 7) is 5.76. The van der Waals surface area contributed by atoms with Gasteiger partial charge < -0.3 is 4.74 Å². The number of benzene rings is 1. The van der Waals surface area contributed by atoms with Crippen LogP contribution < -0.4 is 20.3 Å². The lowest BCUT2D eigenvalue weighted by molar-refractivity contribution is 0.0900. The Morgan fingerprint density at radius 2 is 2.09 bits per heavy atom. The topological polar surface area (TPSA) is 61.7 Å². The van der Waals surface area contributed by atoms with Gasteiger partial charge in [-0.2, -0.15) is 5.10 Å². The molecule has 2 fully saturated rings. The third kappa shape index (κ3) is 4.03. The Bertz CT molecular complexity index is 1160. The minimum absolute atomic E-state index is 0.414. The molecule has 3 aromatic rings. The lowest BCUT2D eigenvalue weighted by Gasteiger charge is -2.39. The lowest BCUT2D eigenvalue weighted by atomic mass is 10.1. The van der Waals surface area contributed by atoms with Crippen molar-refractivity contribution >= 4 is 23.0 Å². The second-order valence-electron chi connectivity index (χ2n) is 9.32. The van der Waals surface area contributed by atoms with Gasteiger partial charge in [0.2, 0.25) is 5.88 Å². The van der Waals surface area contributed by atoms with Crippen molar-refractivity contribution in [2.75, 3.05) is 36.7 Å². The van der Waals surface area contributed by atoms with Crippen molar-refractivity contribution in [3.63, 3.8) is 0 Å². The van der Waals surface area contributed by atoms with Crippen molar-refractivity contribution in [2.24, 2.45) is 5.92 Å². The summed E-state index contributed by atoms with van der Waals surface area (Å²) in [4.78, 5) is 6.89. The van der Waals surface area contributed by atoms with Crippen LogP contribution in [0.25, 0.3) is 0 Å². The fraction of sp³-hybridized carbons (Fsp3) is 0.417. The molecule has 0 spiro atoms. The fourth-order valence-electron chi connectivity index (χ4n) is 4.76. The third-order valence-corrected chi connectivity index (χ3v) is 6.93. The number of anilines is 2. The number of hydrogen-bond acceptors (Lipinski definition) is 7. The molecule has 2 aromatic heterocycles. The zero-order chi connectivity index (χ0) is 22.5. The molecule has 0 radical (unpaired) electrons. The van der Waals surface area contributed by atoms with E-state index >= 15 is 0 Å². The Labute approximate surface area is 198 Å². The van der Waals surface area contributed by atoms with Crippen LogP contribution in [0, 0.1) is 12.8 Å². The quantitative estimate of drug-likeness (QED) is 0.561. The van der Waals surface area contributed by atoms with Gasteiger partial charge in [0.05, 0.1) is 22.4 Å². The monoisotopic (exact) mass is 465 g/mol. The van der Waals surface area contributed by atoms with E-state index in [0.717, 1.165) is 54.7 Å². The number of halogens is 1. The van der Waals surface area contributed by atoms with Gasteiger partial charge in [-0.1, -0.05) is 11.6 Å². The summed E-state index contributed by atoms with van der Waals surface area (Å²) in [5.41, 5.74) is 7.89. The zero-order valence-corrected chi connectivity index (χ0v) is 19.7. The highest BCUT2D eigenvalue weighted by molar-refractivity contribution is 6.30. The van der Waals surface area contributed by atoms with Crippen molar-refractivity contribution in [1.29, 1.82) is 0 Å². The Kier molecular flexibility index (Phi) is 5.16. The molecule has 2 aliphatic heterocycles. The normalized spacial score (nSPS) is 18.5. The first kappa shape index (κ1) is 20.8. The molecule has 1 aromatic carbocycles. The Balaban J connectivity index is 1.20. The van der Waals surface area contributed by atoms with Crippen LogP contribution in [-0.4, -0.2) is 46.3 Å². The first-order chi connectivity index (χ1) is 16.0. The number of rotatable bonds is 7. The standard InChI is InChI=1S/C24H28ClN7O/c1-16-22(7-6-21-23(16)29(2)28-32(21)12-17-4-5-17)33-24-18(10-19(25)11-26-24)13-30-14-20(15-30)31-9-3-8-27-31/h3,6-11,17,20,28H,4-5,12-15H2,1-2H3. The molecular weight excluding hydrogens is 438 g/mol. The molecule has 3 aliphatic rings. The largest absolute Gasteiger partial charge is 0.438 e. The maximum atomic E-state index is 6.38. The van der Waals surface area contributed by atoms with Gasteiger partial charge >= 0.3 is 0 Å². The van der Waals surface area contributed by atoms with Crippen LogP contribution in [0.15, 0.2) is 42.9 Å². The summed E-state index contributed by atoms with van der Waals surface area (Å²) in [5, 5.41) is 9.29. The average molecular weight is 466 g/mol.